The van der Waals surface area contributed by atoms with Crippen LogP contribution in [0, 0.1) is 6.92 Å². The molecule has 54 valence electrons. The number of rotatable bonds is 0. The van der Waals surface area contributed by atoms with Gasteiger partial charge in [0.2, 0.25) is 0 Å². The molecule has 0 fully saturated rings. The van der Waals surface area contributed by atoms with Gasteiger partial charge in [0, 0.05) is 18.8 Å². The highest BCUT2D eigenvalue weighted by Gasteiger charge is 1.97. The van der Waals surface area contributed by atoms with E-state index < -0.39 is 0 Å². The van der Waals surface area contributed by atoms with Gasteiger partial charge in [-0.05, 0) is 6.92 Å². The number of hydrogen-bond acceptors (Lipinski definition) is 3. The van der Waals surface area contributed by atoms with Gasteiger partial charge in [0.05, 0.1) is 0 Å². The van der Waals surface area contributed by atoms with Crippen LogP contribution in [0.4, 0.5) is 5.82 Å². The second-order valence-electron chi connectivity index (χ2n) is 2.17. The van der Waals surface area contributed by atoms with Crippen molar-refractivity contribution >= 4 is 5.82 Å². The van der Waals surface area contributed by atoms with Crippen LogP contribution in [0.25, 0.3) is 0 Å². The van der Waals surface area contributed by atoms with Gasteiger partial charge in [0.25, 0.3) is 0 Å². The third kappa shape index (κ3) is 0.877. The smallest absolute Gasteiger partial charge is 0.348 e. The summed E-state index contributed by atoms with van der Waals surface area (Å²) in [5, 5.41) is 0. The molecule has 0 amide bonds. The molecule has 2 N–H and O–H groups in total. The molecule has 1 aromatic heterocycles. The van der Waals surface area contributed by atoms with Gasteiger partial charge in [-0.25, -0.2) is 9.78 Å². The number of anilines is 1. The number of aromatic nitrogens is 2. The molecule has 4 heteroatoms. The molecule has 0 aliphatic heterocycles. The Morgan fingerprint density at radius 1 is 1.70 bits per heavy atom. The molecule has 10 heavy (non-hydrogen) atoms. The van der Waals surface area contributed by atoms with Crippen molar-refractivity contribution in [2.45, 2.75) is 6.92 Å². The van der Waals surface area contributed by atoms with E-state index in [-0.39, 0.29) is 5.69 Å². The van der Waals surface area contributed by atoms with Crippen LogP contribution >= 0.6 is 0 Å². The standard InChI is InChI=1S/C6H9N3O/c1-4-3-8-6(10)9(2)5(4)7/h3H,7H2,1-2H3. The van der Waals surface area contributed by atoms with E-state index in [4.69, 9.17) is 5.73 Å². The van der Waals surface area contributed by atoms with Crippen molar-refractivity contribution < 1.29 is 0 Å². The zero-order valence-corrected chi connectivity index (χ0v) is 5.96. The van der Waals surface area contributed by atoms with E-state index in [0.29, 0.717) is 5.82 Å². The minimum absolute atomic E-state index is 0.317. The molecule has 1 aromatic rings. The lowest BCUT2D eigenvalue weighted by molar-refractivity contribution is 0.815. The molecule has 0 atom stereocenters. The summed E-state index contributed by atoms with van der Waals surface area (Å²) in [5.41, 5.74) is 6.01. The normalized spacial score (nSPS) is 9.80. The Kier molecular flexibility index (Phi) is 1.45. The van der Waals surface area contributed by atoms with Crippen molar-refractivity contribution in [1.82, 2.24) is 9.55 Å². The predicted molar refractivity (Wildman–Crippen MR) is 38.6 cm³/mol. The number of nitrogen functional groups attached to an aromatic ring is 1. The summed E-state index contributed by atoms with van der Waals surface area (Å²) in [4.78, 5) is 14.3. The molecule has 1 rings (SSSR count). The fourth-order valence-electron chi connectivity index (χ4n) is 0.672. The average Bonchev–Trinajstić information content (AvgIpc) is 1.93. The molecule has 4 nitrogen and oxygen atoms in total. The summed E-state index contributed by atoms with van der Waals surface area (Å²) in [6, 6.07) is 0. The van der Waals surface area contributed by atoms with E-state index in [9.17, 15) is 4.79 Å². The summed E-state index contributed by atoms with van der Waals surface area (Å²) in [7, 11) is 1.59. The number of hydrogen-bond donors (Lipinski definition) is 1. The van der Waals surface area contributed by atoms with E-state index in [1.807, 2.05) is 6.92 Å². The fourth-order valence-corrected chi connectivity index (χ4v) is 0.672. The first-order valence-corrected chi connectivity index (χ1v) is 2.91. The van der Waals surface area contributed by atoms with Gasteiger partial charge in [-0.15, -0.1) is 0 Å². The maximum Gasteiger partial charge on any atom is 0.348 e. The molecule has 0 saturated heterocycles. The largest absolute Gasteiger partial charge is 0.385 e. The second-order valence-corrected chi connectivity index (χ2v) is 2.17. The summed E-state index contributed by atoms with van der Waals surface area (Å²) < 4.78 is 1.31. The van der Waals surface area contributed by atoms with Gasteiger partial charge in [0.15, 0.2) is 0 Å². The van der Waals surface area contributed by atoms with Crippen LogP contribution in [0.1, 0.15) is 5.56 Å². The van der Waals surface area contributed by atoms with Gasteiger partial charge in [-0.3, -0.25) is 4.57 Å². The third-order valence-electron chi connectivity index (χ3n) is 1.42. The van der Waals surface area contributed by atoms with Crippen molar-refractivity contribution in [2.24, 2.45) is 7.05 Å². The van der Waals surface area contributed by atoms with Crippen molar-refractivity contribution in [2.75, 3.05) is 5.73 Å². The summed E-state index contributed by atoms with van der Waals surface area (Å²) >= 11 is 0. The van der Waals surface area contributed by atoms with Crippen LogP contribution in [0.2, 0.25) is 0 Å². The number of nitrogens with two attached hydrogens (primary N) is 1. The maximum absolute atomic E-state index is 10.8. The van der Waals surface area contributed by atoms with Gasteiger partial charge < -0.3 is 5.73 Å². The van der Waals surface area contributed by atoms with Gasteiger partial charge in [0.1, 0.15) is 5.82 Å². The fraction of sp³-hybridized carbons (Fsp3) is 0.333. The molecule has 0 aliphatic carbocycles. The quantitative estimate of drug-likeness (QED) is 0.535. The number of aryl methyl sites for hydroxylation is 1. The Morgan fingerprint density at radius 2 is 2.30 bits per heavy atom. The van der Waals surface area contributed by atoms with Gasteiger partial charge in [-0.1, -0.05) is 0 Å². The van der Waals surface area contributed by atoms with E-state index in [0.717, 1.165) is 5.56 Å². The summed E-state index contributed by atoms with van der Waals surface area (Å²) in [6.45, 7) is 1.81. The zero-order valence-electron chi connectivity index (χ0n) is 5.96. The van der Waals surface area contributed by atoms with Gasteiger partial charge >= 0.3 is 5.69 Å². The van der Waals surface area contributed by atoms with Crippen LogP contribution in [0.5, 0.6) is 0 Å². The molecule has 0 saturated carbocycles. The molecule has 1 heterocycles. The highest BCUT2D eigenvalue weighted by atomic mass is 16.1. The molecule has 0 aliphatic rings. The van der Waals surface area contributed by atoms with Crippen molar-refractivity contribution in [3.8, 4) is 0 Å². The lowest BCUT2D eigenvalue weighted by atomic mass is 10.3. The van der Waals surface area contributed by atoms with E-state index >= 15 is 0 Å². The molecule has 0 unspecified atom stereocenters. The SMILES string of the molecule is Cc1cnc(=O)n(C)c1N. The summed E-state index contributed by atoms with van der Waals surface area (Å²) in [6.07, 6.45) is 1.47. The minimum atomic E-state index is -0.317. The van der Waals surface area contributed by atoms with Crippen molar-refractivity contribution in [3.63, 3.8) is 0 Å². The second kappa shape index (κ2) is 2.13. The summed E-state index contributed by atoms with van der Waals surface area (Å²) in [5.74, 6) is 0.472. The topological polar surface area (TPSA) is 60.9 Å². The van der Waals surface area contributed by atoms with Crippen molar-refractivity contribution in [1.29, 1.82) is 0 Å². The Balaban J connectivity index is 3.49. The first-order chi connectivity index (χ1) is 4.63. The van der Waals surface area contributed by atoms with E-state index in [2.05, 4.69) is 4.98 Å². The molecular formula is C6H9N3O. The van der Waals surface area contributed by atoms with Crippen LogP contribution in [0.3, 0.4) is 0 Å². The Morgan fingerprint density at radius 3 is 2.80 bits per heavy atom. The maximum atomic E-state index is 10.8. The molecular weight excluding hydrogens is 130 g/mol. The van der Waals surface area contributed by atoms with E-state index in [1.54, 1.807) is 7.05 Å². The monoisotopic (exact) mass is 139 g/mol. The zero-order chi connectivity index (χ0) is 7.72. The Labute approximate surface area is 58.3 Å². The number of nitrogens with zero attached hydrogens (tertiary/aromatic N) is 2. The highest BCUT2D eigenvalue weighted by Crippen LogP contribution is 2.01. The molecule has 0 bridgehead atoms. The van der Waals surface area contributed by atoms with Crippen LogP contribution in [-0.2, 0) is 7.05 Å². The van der Waals surface area contributed by atoms with Crippen LogP contribution < -0.4 is 11.4 Å². The highest BCUT2D eigenvalue weighted by molar-refractivity contribution is 5.36. The lowest BCUT2D eigenvalue weighted by Crippen LogP contribution is -2.22. The van der Waals surface area contributed by atoms with Crippen LogP contribution in [0.15, 0.2) is 11.0 Å². The minimum Gasteiger partial charge on any atom is -0.385 e. The van der Waals surface area contributed by atoms with Gasteiger partial charge in [-0.2, -0.15) is 0 Å². The first kappa shape index (κ1) is 6.80. The molecule has 0 spiro atoms. The molecule has 0 aromatic carbocycles. The van der Waals surface area contributed by atoms with Crippen LogP contribution in [-0.4, -0.2) is 9.55 Å². The average molecular weight is 139 g/mol. The lowest BCUT2D eigenvalue weighted by Gasteiger charge is -2.02. The Bertz CT molecular complexity index is 302. The molecule has 0 radical (unpaired) electrons. The predicted octanol–water partition coefficient (Wildman–Crippen LogP) is -0.329. The van der Waals surface area contributed by atoms with E-state index in [1.165, 1.54) is 10.8 Å². The first-order valence-electron chi connectivity index (χ1n) is 2.91. The third-order valence-corrected chi connectivity index (χ3v) is 1.42. The Hall–Kier alpha value is -1.32. The van der Waals surface area contributed by atoms with Crippen molar-refractivity contribution in [3.05, 3.63) is 22.2 Å².